The van der Waals surface area contributed by atoms with Crippen LogP contribution in [0.15, 0.2) is 64.4 Å². The van der Waals surface area contributed by atoms with Crippen LogP contribution in [-0.2, 0) is 11.3 Å². The zero-order valence-electron chi connectivity index (χ0n) is 17.6. The van der Waals surface area contributed by atoms with Crippen molar-refractivity contribution in [1.82, 2.24) is 15.1 Å². The number of rotatable bonds is 8. The molecule has 3 aromatic rings. The van der Waals surface area contributed by atoms with Gasteiger partial charge in [0.15, 0.2) is 0 Å². The molecule has 1 amide bonds. The molecule has 0 radical (unpaired) electrons. The number of nitrogens with zero attached hydrogens (tertiary/aromatic N) is 2. The van der Waals surface area contributed by atoms with Crippen LogP contribution in [-0.4, -0.2) is 27.5 Å². The normalized spacial score (nSPS) is 11.7. The Morgan fingerprint density at radius 3 is 2.74 bits per heavy atom. The Kier molecular flexibility index (Phi) is 7.76. The summed E-state index contributed by atoms with van der Waals surface area (Å²) in [6, 6.07) is 16.0. The second-order valence-electron chi connectivity index (χ2n) is 6.87. The highest BCUT2D eigenvalue weighted by molar-refractivity contribution is 8.00. The largest absolute Gasteiger partial charge is 0.494 e. The Bertz CT molecular complexity index is 1130. The summed E-state index contributed by atoms with van der Waals surface area (Å²) >= 11 is 7.47. The number of ether oxygens (including phenoxy) is 1. The smallest absolute Gasteiger partial charge is 0.271 e. The average Bonchev–Trinajstić information content (AvgIpc) is 2.76. The Hall–Kier alpha value is -2.77. The Morgan fingerprint density at radius 2 is 2.00 bits per heavy atom. The molecule has 2 aromatic carbocycles. The molecular weight excluding hydrogens is 434 g/mol. The summed E-state index contributed by atoms with van der Waals surface area (Å²) in [5.41, 5.74) is 2.14. The molecule has 3 rings (SSSR count). The van der Waals surface area contributed by atoms with Gasteiger partial charge >= 0.3 is 0 Å². The van der Waals surface area contributed by atoms with E-state index in [-0.39, 0.29) is 11.5 Å². The van der Waals surface area contributed by atoms with Crippen LogP contribution in [0, 0.1) is 6.92 Å². The van der Waals surface area contributed by atoms with E-state index in [1.165, 1.54) is 22.5 Å². The first-order valence-electron chi connectivity index (χ1n) is 9.91. The van der Waals surface area contributed by atoms with E-state index < -0.39 is 5.25 Å². The van der Waals surface area contributed by atoms with Gasteiger partial charge in [0, 0.05) is 23.2 Å². The summed E-state index contributed by atoms with van der Waals surface area (Å²) in [4.78, 5) is 24.9. The fourth-order valence-corrected chi connectivity index (χ4v) is 3.87. The highest BCUT2D eigenvalue weighted by atomic mass is 35.5. The molecule has 1 unspecified atom stereocenters. The number of nitrogens with one attached hydrogen (secondary N) is 1. The molecule has 0 aliphatic heterocycles. The molecule has 0 spiro atoms. The van der Waals surface area contributed by atoms with Crippen LogP contribution in [0.5, 0.6) is 5.75 Å². The number of para-hydroxylation sites is 1. The number of amides is 1. The summed E-state index contributed by atoms with van der Waals surface area (Å²) in [5.74, 6) is 0.630. The molecule has 1 atom stereocenters. The SMILES string of the molecule is CCOc1ccccc1CNC(=O)C(C)Sc1ccc(=O)n(-c2ccc(C)c(Cl)c2)n1. The summed E-state index contributed by atoms with van der Waals surface area (Å²) in [7, 11) is 0. The van der Waals surface area contributed by atoms with Gasteiger partial charge in [0.2, 0.25) is 5.91 Å². The third-order valence-corrected chi connectivity index (χ3v) is 6.00. The van der Waals surface area contributed by atoms with Crippen molar-refractivity contribution in [2.75, 3.05) is 6.61 Å². The molecule has 0 aliphatic rings. The van der Waals surface area contributed by atoms with Gasteiger partial charge < -0.3 is 10.1 Å². The van der Waals surface area contributed by atoms with Gasteiger partial charge in [0.25, 0.3) is 5.56 Å². The topological polar surface area (TPSA) is 73.2 Å². The van der Waals surface area contributed by atoms with E-state index in [1.807, 2.05) is 44.2 Å². The first kappa shape index (κ1) is 22.9. The van der Waals surface area contributed by atoms with Crippen LogP contribution in [0.25, 0.3) is 5.69 Å². The van der Waals surface area contributed by atoms with Gasteiger partial charge in [-0.15, -0.1) is 0 Å². The van der Waals surface area contributed by atoms with E-state index in [0.717, 1.165) is 16.9 Å². The second-order valence-corrected chi connectivity index (χ2v) is 8.64. The first-order chi connectivity index (χ1) is 14.9. The van der Waals surface area contributed by atoms with Crippen LogP contribution in [0.1, 0.15) is 25.0 Å². The van der Waals surface area contributed by atoms with Gasteiger partial charge in [-0.2, -0.15) is 9.78 Å². The summed E-state index contributed by atoms with van der Waals surface area (Å²) in [5, 5.41) is 8.06. The Labute approximate surface area is 190 Å². The monoisotopic (exact) mass is 457 g/mol. The van der Waals surface area contributed by atoms with E-state index in [1.54, 1.807) is 25.1 Å². The highest BCUT2D eigenvalue weighted by Crippen LogP contribution is 2.23. The molecule has 1 aromatic heterocycles. The average molecular weight is 458 g/mol. The van der Waals surface area contributed by atoms with Gasteiger partial charge in [0.1, 0.15) is 10.8 Å². The lowest BCUT2D eigenvalue weighted by atomic mass is 10.2. The van der Waals surface area contributed by atoms with E-state index in [9.17, 15) is 9.59 Å². The van der Waals surface area contributed by atoms with Crippen molar-refractivity contribution in [3.63, 3.8) is 0 Å². The third kappa shape index (κ3) is 5.89. The van der Waals surface area contributed by atoms with E-state index in [0.29, 0.717) is 28.9 Å². The van der Waals surface area contributed by atoms with Gasteiger partial charge in [-0.1, -0.05) is 47.6 Å². The number of carbonyl (C=O) groups excluding carboxylic acids is 1. The number of benzene rings is 2. The van der Waals surface area contributed by atoms with Crippen LogP contribution in [0.3, 0.4) is 0 Å². The summed E-state index contributed by atoms with van der Waals surface area (Å²) in [6.45, 7) is 6.54. The highest BCUT2D eigenvalue weighted by Gasteiger charge is 2.17. The maximum Gasteiger partial charge on any atom is 0.271 e. The molecule has 162 valence electrons. The minimum atomic E-state index is -0.403. The van der Waals surface area contributed by atoms with Gasteiger partial charge in [-0.05, 0) is 50.6 Å². The number of aryl methyl sites for hydroxylation is 1. The number of aromatic nitrogens is 2. The van der Waals surface area contributed by atoms with Crippen molar-refractivity contribution >= 4 is 29.3 Å². The maximum absolute atomic E-state index is 12.6. The quantitative estimate of drug-likeness (QED) is 0.508. The van der Waals surface area contributed by atoms with Crippen molar-refractivity contribution in [1.29, 1.82) is 0 Å². The molecule has 0 saturated carbocycles. The van der Waals surface area contributed by atoms with E-state index in [2.05, 4.69) is 10.4 Å². The van der Waals surface area contributed by atoms with Gasteiger partial charge in [0.05, 0.1) is 17.5 Å². The second kappa shape index (κ2) is 10.5. The molecule has 1 heterocycles. The summed E-state index contributed by atoms with van der Waals surface area (Å²) < 4.78 is 6.89. The zero-order chi connectivity index (χ0) is 22.4. The third-order valence-electron chi connectivity index (χ3n) is 4.57. The van der Waals surface area contributed by atoms with Crippen LogP contribution in [0.2, 0.25) is 5.02 Å². The van der Waals surface area contributed by atoms with Crippen molar-refractivity contribution in [2.45, 2.75) is 37.6 Å². The number of hydrogen-bond acceptors (Lipinski definition) is 5. The molecule has 1 N–H and O–H groups in total. The molecule has 6 nitrogen and oxygen atoms in total. The van der Waals surface area contributed by atoms with Crippen LogP contribution >= 0.6 is 23.4 Å². The minimum Gasteiger partial charge on any atom is -0.494 e. The molecule has 31 heavy (non-hydrogen) atoms. The van der Waals surface area contributed by atoms with Crippen molar-refractivity contribution in [2.24, 2.45) is 0 Å². The number of carbonyl (C=O) groups is 1. The zero-order valence-corrected chi connectivity index (χ0v) is 19.2. The fraction of sp³-hybridized carbons (Fsp3) is 0.261. The Morgan fingerprint density at radius 1 is 1.23 bits per heavy atom. The lowest BCUT2D eigenvalue weighted by Crippen LogP contribution is -2.31. The lowest BCUT2D eigenvalue weighted by molar-refractivity contribution is -0.120. The minimum absolute atomic E-state index is 0.130. The fourth-order valence-electron chi connectivity index (χ4n) is 2.86. The lowest BCUT2D eigenvalue weighted by Gasteiger charge is -2.14. The number of halogens is 1. The van der Waals surface area contributed by atoms with E-state index in [4.69, 9.17) is 16.3 Å². The van der Waals surface area contributed by atoms with Crippen molar-refractivity contribution in [3.8, 4) is 11.4 Å². The molecule has 0 aliphatic carbocycles. The predicted octanol–water partition coefficient (Wildman–Crippen LogP) is 4.39. The Balaban J connectivity index is 1.69. The summed E-state index contributed by atoms with van der Waals surface area (Å²) in [6.07, 6.45) is 0. The van der Waals surface area contributed by atoms with Crippen LogP contribution in [0.4, 0.5) is 0 Å². The number of thioether (sulfide) groups is 1. The van der Waals surface area contributed by atoms with Gasteiger partial charge in [-0.3, -0.25) is 9.59 Å². The van der Waals surface area contributed by atoms with Gasteiger partial charge in [-0.25, -0.2) is 0 Å². The molecule has 8 heteroatoms. The van der Waals surface area contributed by atoms with Crippen LogP contribution < -0.4 is 15.6 Å². The molecule has 0 saturated heterocycles. The van der Waals surface area contributed by atoms with Crippen molar-refractivity contribution in [3.05, 3.63) is 81.1 Å². The van der Waals surface area contributed by atoms with E-state index >= 15 is 0 Å². The maximum atomic E-state index is 12.6. The first-order valence-corrected chi connectivity index (χ1v) is 11.2. The molecular formula is C23H24ClN3O3S. The molecule has 0 bridgehead atoms. The predicted molar refractivity (Wildman–Crippen MR) is 124 cm³/mol. The molecule has 0 fully saturated rings. The number of hydrogen-bond donors (Lipinski definition) is 1. The van der Waals surface area contributed by atoms with Crippen molar-refractivity contribution < 1.29 is 9.53 Å². The standard InChI is InChI=1S/C23H24ClN3O3S/c1-4-30-20-8-6-5-7-17(20)14-25-23(29)16(3)31-21-11-12-22(28)27(26-21)18-10-9-15(2)19(24)13-18/h5-13,16H,4,14H2,1-3H3,(H,25,29).